The van der Waals surface area contributed by atoms with Crippen LogP contribution in [0.2, 0.25) is 5.02 Å². The molecule has 0 amide bonds. The van der Waals surface area contributed by atoms with Crippen LogP contribution in [-0.4, -0.2) is 72.2 Å². The van der Waals surface area contributed by atoms with E-state index in [-0.39, 0.29) is 13.2 Å². The highest BCUT2D eigenvalue weighted by atomic mass is 35.5. The van der Waals surface area contributed by atoms with E-state index < -0.39 is 60.0 Å². The summed E-state index contributed by atoms with van der Waals surface area (Å²) in [5, 5.41) is 10.4. The second-order valence-electron chi connectivity index (χ2n) is 11.4. The topological polar surface area (TPSA) is 144 Å². The number of ether oxygens (including phenoxy) is 6. The summed E-state index contributed by atoms with van der Waals surface area (Å²) in [6.07, 6.45) is -1.71. The van der Waals surface area contributed by atoms with Crippen molar-refractivity contribution in [3.63, 3.8) is 0 Å². The van der Waals surface area contributed by atoms with Gasteiger partial charge in [0.1, 0.15) is 30.2 Å². The number of hydrogen-bond acceptors (Lipinski definition) is 11. The fraction of sp³-hybridized carbons (Fsp3) is 0.515. The van der Waals surface area contributed by atoms with Gasteiger partial charge in [-0.1, -0.05) is 35.9 Å². The molecule has 1 unspecified atom stereocenters. The molecule has 0 bridgehead atoms. The largest absolute Gasteiger partial charge is 0.485 e. The first-order valence-corrected chi connectivity index (χ1v) is 15.2. The lowest BCUT2D eigenvalue weighted by atomic mass is 9.89. The van der Waals surface area contributed by atoms with Gasteiger partial charge in [0.2, 0.25) is 0 Å². The average molecular weight is 647 g/mol. The van der Waals surface area contributed by atoms with Crippen molar-refractivity contribution in [2.24, 2.45) is 0 Å². The molecule has 5 atom stereocenters. The maximum Gasteiger partial charge on any atom is 0.303 e. The molecule has 0 radical (unpaired) electrons. The quantitative estimate of drug-likeness (QED) is 0.274. The molecular weight excluding hydrogens is 608 g/mol. The lowest BCUT2D eigenvalue weighted by Gasteiger charge is -2.44. The normalized spacial score (nSPS) is 23.9. The zero-order valence-electron chi connectivity index (χ0n) is 25.8. The van der Waals surface area contributed by atoms with Crippen LogP contribution in [0.25, 0.3) is 0 Å². The molecular formula is C33H39ClO11. The van der Waals surface area contributed by atoms with E-state index in [4.69, 9.17) is 40.0 Å². The predicted molar refractivity (Wildman–Crippen MR) is 161 cm³/mol. The average Bonchev–Trinajstić information content (AvgIpc) is 3.44. The molecule has 12 heteroatoms. The smallest absolute Gasteiger partial charge is 0.303 e. The summed E-state index contributed by atoms with van der Waals surface area (Å²) >= 11 is 6.62. The van der Waals surface area contributed by atoms with Crippen LogP contribution in [0, 0.1) is 0 Å². The Morgan fingerprint density at radius 1 is 0.844 bits per heavy atom. The number of aliphatic hydroxyl groups is 1. The van der Waals surface area contributed by atoms with Gasteiger partial charge in [0, 0.05) is 32.7 Å². The molecule has 4 rings (SSSR count). The lowest BCUT2D eigenvalue weighted by Crippen LogP contribution is -2.59. The first-order valence-electron chi connectivity index (χ1n) is 14.9. The molecule has 1 aliphatic carbocycles. The molecule has 2 aromatic rings. The number of carbonyl (C=O) groups is 4. The van der Waals surface area contributed by atoms with Crippen LogP contribution in [0.4, 0.5) is 0 Å². The molecule has 1 saturated heterocycles. The van der Waals surface area contributed by atoms with Gasteiger partial charge < -0.3 is 33.5 Å². The molecule has 2 aliphatic rings. The third-order valence-electron chi connectivity index (χ3n) is 7.84. The van der Waals surface area contributed by atoms with Crippen LogP contribution < -0.4 is 4.74 Å². The first kappa shape index (κ1) is 34.2. The van der Waals surface area contributed by atoms with Crippen LogP contribution in [-0.2, 0) is 49.3 Å². The third-order valence-corrected chi connectivity index (χ3v) is 8.21. The van der Waals surface area contributed by atoms with Crippen molar-refractivity contribution in [2.45, 2.75) is 95.9 Å². The molecule has 1 N–H and O–H groups in total. The molecule has 45 heavy (non-hydrogen) atoms. The van der Waals surface area contributed by atoms with Gasteiger partial charge >= 0.3 is 23.9 Å². The summed E-state index contributed by atoms with van der Waals surface area (Å²) in [5.41, 5.74) is 1.67. The summed E-state index contributed by atoms with van der Waals surface area (Å²) in [5.74, 6) is -2.01. The highest BCUT2D eigenvalue weighted by Crippen LogP contribution is 2.39. The number of esters is 4. The van der Waals surface area contributed by atoms with E-state index in [9.17, 15) is 24.3 Å². The molecule has 11 nitrogen and oxygen atoms in total. The van der Waals surface area contributed by atoms with E-state index in [1.165, 1.54) is 27.7 Å². The van der Waals surface area contributed by atoms with Crippen LogP contribution in [0.1, 0.15) is 76.2 Å². The minimum Gasteiger partial charge on any atom is -0.485 e. The minimum atomic E-state index is -1.27. The number of rotatable bonds is 11. The Balaban J connectivity index is 1.64. The fourth-order valence-corrected chi connectivity index (χ4v) is 6.05. The van der Waals surface area contributed by atoms with Crippen LogP contribution >= 0.6 is 11.6 Å². The Hall–Kier alpha value is -3.67. The van der Waals surface area contributed by atoms with Gasteiger partial charge in [0.15, 0.2) is 18.3 Å². The minimum absolute atomic E-state index is 0.0314. The molecule has 244 valence electrons. The Morgan fingerprint density at radius 2 is 1.44 bits per heavy atom. The Bertz CT molecular complexity index is 1370. The van der Waals surface area contributed by atoms with Crippen molar-refractivity contribution in [3.8, 4) is 5.75 Å². The molecule has 1 heterocycles. The number of benzene rings is 2. The number of aliphatic hydroxyl groups excluding tert-OH is 1. The molecule has 0 spiro atoms. The van der Waals surface area contributed by atoms with Gasteiger partial charge in [-0.25, -0.2) is 0 Å². The number of halogens is 1. The van der Waals surface area contributed by atoms with Gasteiger partial charge in [0.05, 0.1) is 6.61 Å². The molecule has 2 aromatic carbocycles. The van der Waals surface area contributed by atoms with Crippen molar-refractivity contribution >= 4 is 35.5 Å². The zero-order valence-corrected chi connectivity index (χ0v) is 26.5. The standard InChI is InChI=1S/C33H39ClO11/c1-19(36)40-17-28-30(41-20(2)37)32(43-22(4)39)31(42-21(3)38)29(44-28)24-9-12-27(34)25(16-24)15-23-7-10-26(11-8-23)45-33(18-35)13-5-6-14-33/h7-12,16,28-32,35H,5-6,13-15,17-18H2,1-4H3/t28-,29+,30-,31+,32?/m1/s1. The van der Waals surface area contributed by atoms with E-state index in [0.717, 1.165) is 36.8 Å². The van der Waals surface area contributed by atoms with Crippen molar-refractivity contribution in [1.82, 2.24) is 0 Å². The molecule has 1 aliphatic heterocycles. The summed E-state index contributed by atoms with van der Waals surface area (Å²) in [4.78, 5) is 48.1. The van der Waals surface area contributed by atoms with Crippen molar-refractivity contribution < 1.29 is 52.7 Å². The van der Waals surface area contributed by atoms with Gasteiger partial charge in [-0.3, -0.25) is 19.2 Å². The highest BCUT2D eigenvalue weighted by molar-refractivity contribution is 6.31. The second kappa shape index (κ2) is 15.1. The fourth-order valence-electron chi connectivity index (χ4n) is 5.86. The van der Waals surface area contributed by atoms with E-state index >= 15 is 0 Å². The van der Waals surface area contributed by atoms with Crippen LogP contribution in [0.3, 0.4) is 0 Å². The molecule has 2 fully saturated rings. The van der Waals surface area contributed by atoms with Crippen LogP contribution in [0.15, 0.2) is 42.5 Å². The zero-order chi connectivity index (χ0) is 32.7. The monoisotopic (exact) mass is 646 g/mol. The predicted octanol–water partition coefficient (Wildman–Crippen LogP) is 4.41. The summed E-state index contributed by atoms with van der Waals surface area (Å²) < 4.78 is 34.3. The first-order chi connectivity index (χ1) is 21.4. The van der Waals surface area contributed by atoms with E-state index in [1.807, 2.05) is 24.3 Å². The lowest BCUT2D eigenvalue weighted by molar-refractivity contribution is -0.254. The summed E-state index contributed by atoms with van der Waals surface area (Å²) in [6, 6.07) is 12.7. The van der Waals surface area contributed by atoms with Gasteiger partial charge in [-0.15, -0.1) is 0 Å². The third kappa shape index (κ3) is 8.96. The Morgan fingerprint density at radius 3 is 2.02 bits per heavy atom. The van der Waals surface area contributed by atoms with E-state index in [0.29, 0.717) is 22.8 Å². The van der Waals surface area contributed by atoms with E-state index in [2.05, 4.69) is 0 Å². The second-order valence-corrected chi connectivity index (χ2v) is 11.8. The van der Waals surface area contributed by atoms with Crippen molar-refractivity contribution in [1.29, 1.82) is 0 Å². The highest BCUT2D eigenvalue weighted by Gasteiger charge is 2.52. The number of carbonyl (C=O) groups excluding carboxylic acids is 4. The van der Waals surface area contributed by atoms with Crippen molar-refractivity contribution in [2.75, 3.05) is 13.2 Å². The van der Waals surface area contributed by atoms with E-state index in [1.54, 1.807) is 18.2 Å². The maximum absolute atomic E-state index is 12.2. The van der Waals surface area contributed by atoms with Crippen LogP contribution in [0.5, 0.6) is 5.75 Å². The summed E-state index contributed by atoms with van der Waals surface area (Å²) in [6.45, 7) is 4.41. The Labute approximate surface area is 267 Å². The van der Waals surface area contributed by atoms with Gasteiger partial charge in [-0.05, 0) is 67.0 Å². The molecule has 0 aromatic heterocycles. The van der Waals surface area contributed by atoms with Crippen molar-refractivity contribution in [3.05, 3.63) is 64.2 Å². The van der Waals surface area contributed by atoms with Gasteiger partial charge in [-0.2, -0.15) is 0 Å². The number of hydrogen-bond donors (Lipinski definition) is 1. The SMILES string of the molecule is CC(=O)OC[C@H]1O[C@@H](c2ccc(Cl)c(Cc3ccc(OC4(CO)CCCC4)cc3)c2)[C@H](OC(C)=O)C(OC(C)=O)[C@@H]1OC(C)=O. The Kier molecular flexibility index (Phi) is 11.5. The molecule has 1 saturated carbocycles. The maximum atomic E-state index is 12.2. The van der Waals surface area contributed by atoms with Gasteiger partial charge in [0.25, 0.3) is 0 Å². The summed E-state index contributed by atoms with van der Waals surface area (Å²) in [7, 11) is 0.